The van der Waals surface area contributed by atoms with E-state index in [9.17, 15) is 0 Å². The molecule has 0 saturated carbocycles. The molecule has 0 spiro atoms. The number of hydrogen-bond acceptors (Lipinski definition) is 1. The first-order valence-corrected chi connectivity index (χ1v) is 4.16. The highest BCUT2D eigenvalue weighted by Crippen LogP contribution is 2.18. The second kappa shape index (κ2) is 3.92. The van der Waals surface area contributed by atoms with Crippen molar-refractivity contribution >= 4 is 0 Å². The lowest BCUT2D eigenvalue weighted by Crippen LogP contribution is -1.89. The second-order valence-corrected chi connectivity index (χ2v) is 3.14. The molecule has 0 aromatic heterocycles. The maximum Gasteiger partial charge on any atom is 0.0669 e. The van der Waals surface area contributed by atoms with Crippen molar-refractivity contribution in [2.45, 2.75) is 20.3 Å². The number of hydrogen-bond donors (Lipinski definition) is 0. The molecule has 0 aromatic rings. The van der Waals surface area contributed by atoms with E-state index in [1.807, 2.05) is 12.2 Å². The van der Waals surface area contributed by atoms with Crippen LogP contribution in [-0.2, 0) is 0 Å². The fourth-order valence-corrected chi connectivity index (χ4v) is 1.17. The molecule has 1 nitrogen and oxygen atoms in total. The van der Waals surface area contributed by atoms with Crippen molar-refractivity contribution in [2.24, 2.45) is 5.92 Å². The van der Waals surface area contributed by atoms with Crippen molar-refractivity contribution in [3.63, 3.8) is 0 Å². The molecule has 1 rings (SSSR count). The monoisotopic (exact) mass is 159 g/mol. The number of rotatable bonds is 1. The summed E-state index contributed by atoms with van der Waals surface area (Å²) in [5.41, 5.74) is 2.43. The maximum atomic E-state index is 8.52. The van der Waals surface area contributed by atoms with E-state index >= 15 is 0 Å². The van der Waals surface area contributed by atoms with Crippen LogP contribution >= 0.6 is 0 Å². The van der Waals surface area contributed by atoms with Gasteiger partial charge in [0.25, 0.3) is 0 Å². The van der Waals surface area contributed by atoms with Gasteiger partial charge >= 0.3 is 0 Å². The van der Waals surface area contributed by atoms with E-state index in [4.69, 9.17) is 5.26 Å². The average molecular weight is 159 g/mol. The average Bonchev–Trinajstić information content (AvgIpc) is 2.16. The highest BCUT2D eigenvalue weighted by molar-refractivity contribution is 5.34. The molecule has 0 fully saturated rings. The zero-order valence-corrected chi connectivity index (χ0v) is 7.54. The Morgan fingerprint density at radius 3 is 3.00 bits per heavy atom. The van der Waals surface area contributed by atoms with Gasteiger partial charge in [-0.3, -0.25) is 0 Å². The molecule has 0 bridgehead atoms. The molecule has 1 unspecified atom stereocenters. The van der Waals surface area contributed by atoms with Crippen LogP contribution in [0.5, 0.6) is 0 Å². The van der Waals surface area contributed by atoms with Crippen LogP contribution in [-0.4, -0.2) is 0 Å². The molecule has 0 saturated heterocycles. The number of nitrogens with zero attached hydrogens (tertiary/aromatic N) is 1. The molecule has 1 aliphatic carbocycles. The SMILES string of the molecule is CC1=CC(CC#N)=CC=CC1C. The van der Waals surface area contributed by atoms with Crippen LogP contribution in [0, 0.1) is 17.2 Å². The summed E-state index contributed by atoms with van der Waals surface area (Å²) < 4.78 is 0. The molecule has 0 heterocycles. The zero-order chi connectivity index (χ0) is 8.97. The van der Waals surface area contributed by atoms with E-state index in [0.29, 0.717) is 12.3 Å². The van der Waals surface area contributed by atoms with Gasteiger partial charge in [-0.15, -0.1) is 0 Å². The quantitative estimate of drug-likeness (QED) is 0.577. The Morgan fingerprint density at radius 1 is 1.58 bits per heavy atom. The molecule has 0 amide bonds. The lowest BCUT2D eigenvalue weighted by atomic mass is 10.0. The van der Waals surface area contributed by atoms with Crippen molar-refractivity contribution in [2.75, 3.05) is 0 Å². The molecule has 1 atom stereocenters. The molecule has 62 valence electrons. The Bertz CT molecular complexity index is 287. The van der Waals surface area contributed by atoms with E-state index in [0.717, 1.165) is 5.57 Å². The Hall–Kier alpha value is -1.29. The molecular formula is C11H13N. The van der Waals surface area contributed by atoms with E-state index < -0.39 is 0 Å². The minimum atomic E-state index is 0.498. The minimum absolute atomic E-state index is 0.498. The van der Waals surface area contributed by atoms with Crippen LogP contribution < -0.4 is 0 Å². The maximum absolute atomic E-state index is 8.52. The fourth-order valence-electron chi connectivity index (χ4n) is 1.17. The zero-order valence-electron chi connectivity index (χ0n) is 7.54. The molecule has 0 N–H and O–H groups in total. The van der Waals surface area contributed by atoms with E-state index in [1.165, 1.54) is 5.57 Å². The van der Waals surface area contributed by atoms with Gasteiger partial charge in [-0.25, -0.2) is 0 Å². The van der Waals surface area contributed by atoms with Crippen LogP contribution in [0.1, 0.15) is 20.3 Å². The standard InChI is InChI=1S/C11H13N/c1-9-4-3-5-11(6-7-12)8-10(9)2/h3-5,8-9H,6H2,1-2H3. The summed E-state index contributed by atoms with van der Waals surface area (Å²) in [6.45, 7) is 4.26. The van der Waals surface area contributed by atoms with Gasteiger partial charge in [0.05, 0.1) is 12.5 Å². The Labute approximate surface area is 73.7 Å². The molecular weight excluding hydrogens is 146 g/mol. The van der Waals surface area contributed by atoms with E-state index in [2.05, 4.69) is 32.1 Å². The van der Waals surface area contributed by atoms with Crippen molar-refractivity contribution in [3.8, 4) is 6.07 Å². The van der Waals surface area contributed by atoms with Crippen molar-refractivity contribution in [3.05, 3.63) is 35.5 Å². The molecule has 0 aliphatic heterocycles. The van der Waals surface area contributed by atoms with Gasteiger partial charge in [0, 0.05) is 0 Å². The lowest BCUT2D eigenvalue weighted by Gasteiger charge is -2.04. The first kappa shape index (κ1) is 8.80. The van der Waals surface area contributed by atoms with Crippen LogP contribution in [0.2, 0.25) is 0 Å². The topological polar surface area (TPSA) is 23.8 Å². The van der Waals surface area contributed by atoms with Gasteiger partial charge < -0.3 is 0 Å². The highest BCUT2D eigenvalue weighted by atomic mass is 14.2. The molecule has 0 aromatic carbocycles. The van der Waals surface area contributed by atoms with Gasteiger partial charge in [-0.1, -0.05) is 36.8 Å². The normalized spacial score (nSPS) is 22.2. The molecule has 1 heteroatoms. The summed E-state index contributed by atoms with van der Waals surface area (Å²) in [6, 6.07) is 2.15. The van der Waals surface area contributed by atoms with E-state index in [1.54, 1.807) is 0 Å². The minimum Gasteiger partial charge on any atom is -0.198 e. The van der Waals surface area contributed by atoms with Crippen molar-refractivity contribution < 1.29 is 0 Å². The third kappa shape index (κ3) is 2.10. The molecule has 12 heavy (non-hydrogen) atoms. The first-order chi connectivity index (χ1) is 5.74. The molecule has 1 aliphatic rings. The Balaban J connectivity index is 2.85. The van der Waals surface area contributed by atoms with Gasteiger partial charge in [0.1, 0.15) is 0 Å². The summed E-state index contributed by atoms with van der Waals surface area (Å²) in [4.78, 5) is 0. The van der Waals surface area contributed by atoms with Gasteiger partial charge in [0.15, 0.2) is 0 Å². The largest absolute Gasteiger partial charge is 0.198 e. The van der Waals surface area contributed by atoms with Crippen LogP contribution in [0.15, 0.2) is 35.5 Å². The lowest BCUT2D eigenvalue weighted by molar-refractivity contribution is 0.863. The van der Waals surface area contributed by atoms with Crippen LogP contribution in [0.4, 0.5) is 0 Å². The molecule has 0 radical (unpaired) electrons. The Kier molecular flexibility index (Phi) is 2.88. The third-order valence-electron chi connectivity index (χ3n) is 2.12. The van der Waals surface area contributed by atoms with Gasteiger partial charge in [-0.2, -0.15) is 5.26 Å². The summed E-state index contributed by atoms with van der Waals surface area (Å²) >= 11 is 0. The predicted molar refractivity (Wildman–Crippen MR) is 50.4 cm³/mol. The number of allylic oxidation sites excluding steroid dienone is 6. The summed E-state index contributed by atoms with van der Waals surface area (Å²) in [5, 5.41) is 8.52. The van der Waals surface area contributed by atoms with Crippen molar-refractivity contribution in [1.82, 2.24) is 0 Å². The summed E-state index contributed by atoms with van der Waals surface area (Å²) in [6.07, 6.45) is 8.80. The van der Waals surface area contributed by atoms with Crippen molar-refractivity contribution in [1.29, 1.82) is 5.26 Å². The van der Waals surface area contributed by atoms with Crippen LogP contribution in [0.3, 0.4) is 0 Å². The highest BCUT2D eigenvalue weighted by Gasteiger charge is 2.03. The first-order valence-electron chi connectivity index (χ1n) is 4.16. The smallest absolute Gasteiger partial charge is 0.0669 e. The Morgan fingerprint density at radius 2 is 2.33 bits per heavy atom. The predicted octanol–water partition coefficient (Wildman–Crippen LogP) is 2.98. The summed E-state index contributed by atoms with van der Waals surface area (Å²) in [5.74, 6) is 0.498. The second-order valence-electron chi connectivity index (χ2n) is 3.14. The number of nitriles is 1. The van der Waals surface area contributed by atoms with Crippen LogP contribution in [0.25, 0.3) is 0 Å². The fraction of sp³-hybridized carbons (Fsp3) is 0.364. The summed E-state index contributed by atoms with van der Waals surface area (Å²) in [7, 11) is 0. The van der Waals surface area contributed by atoms with Gasteiger partial charge in [0.2, 0.25) is 0 Å². The third-order valence-corrected chi connectivity index (χ3v) is 2.12. The van der Waals surface area contributed by atoms with Gasteiger partial charge in [-0.05, 0) is 18.4 Å². The van der Waals surface area contributed by atoms with E-state index in [-0.39, 0.29) is 0 Å².